The lowest BCUT2D eigenvalue weighted by atomic mass is 10.1. The summed E-state index contributed by atoms with van der Waals surface area (Å²) in [6.45, 7) is 10.2. The Kier molecular flexibility index (Phi) is 7.50. The van der Waals surface area contributed by atoms with E-state index in [1.165, 1.54) is 6.08 Å². The van der Waals surface area contributed by atoms with Crippen LogP contribution in [0.3, 0.4) is 0 Å². The van der Waals surface area contributed by atoms with Crippen LogP contribution in [0, 0.1) is 5.92 Å². The summed E-state index contributed by atoms with van der Waals surface area (Å²) in [6.07, 6.45) is 2.23. The van der Waals surface area contributed by atoms with Crippen LogP contribution in [-0.4, -0.2) is 18.1 Å². The minimum Gasteiger partial charge on any atom is -0.456 e. The third-order valence-electron chi connectivity index (χ3n) is 2.23. The zero-order valence-corrected chi connectivity index (χ0v) is 13.7. The Morgan fingerprint density at radius 3 is 2.30 bits per heavy atom. The molecule has 5 N–H and O–H groups in total. The Hall–Kier alpha value is -1.36. The Bertz CT molecular complexity index is 392. The van der Waals surface area contributed by atoms with Crippen LogP contribution < -0.4 is 16.8 Å². The van der Waals surface area contributed by atoms with Crippen LogP contribution in [0.2, 0.25) is 0 Å². The largest absolute Gasteiger partial charge is 0.456 e. The molecular formula is C14H26ClN3O2. The molecule has 0 saturated heterocycles. The van der Waals surface area contributed by atoms with Gasteiger partial charge in [-0.3, -0.25) is 0 Å². The van der Waals surface area contributed by atoms with E-state index >= 15 is 0 Å². The molecule has 0 spiro atoms. The first-order chi connectivity index (χ1) is 9.03. The third-order valence-corrected chi connectivity index (χ3v) is 2.34. The van der Waals surface area contributed by atoms with Gasteiger partial charge in [0.05, 0.1) is 0 Å². The number of nitrogens with one attached hydrogen (secondary N) is 1. The van der Waals surface area contributed by atoms with Crippen molar-refractivity contribution in [1.29, 1.82) is 0 Å². The highest BCUT2D eigenvalue weighted by Gasteiger charge is 2.21. The molecule has 0 aliphatic heterocycles. The van der Waals surface area contributed by atoms with Crippen molar-refractivity contribution in [2.24, 2.45) is 17.4 Å². The quantitative estimate of drug-likeness (QED) is 0.303. The van der Waals surface area contributed by atoms with Crippen molar-refractivity contribution in [3.05, 3.63) is 22.6 Å². The molecule has 20 heavy (non-hydrogen) atoms. The maximum atomic E-state index is 12.1. The molecule has 0 atom stereocenters. The molecule has 0 radical (unpaired) electrons. The topological polar surface area (TPSA) is 90.4 Å². The molecule has 0 aliphatic carbocycles. The highest BCUT2D eigenvalue weighted by atomic mass is 35.5. The molecule has 116 valence electrons. The number of hydrogen-bond acceptors (Lipinski definition) is 5. The van der Waals surface area contributed by atoms with Gasteiger partial charge in [-0.25, -0.2) is 4.79 Å². The van der Waals surface area contributed by atoms with Gasteiger partial charge in [0.25, 0.3) is 0 Å². The summed E-state index contributed by atoms with van der Waals surface area (Å²) in [5.41, 5.74) is 10.8. The predicted molar refractivity (Wildman–Crippen MR) is 82.6 cm³/mol. The van der Waals surface area contributed by atoms with Crippen molar-refractivity contribution in [3.8, 4) is 0 Å². The van der Waals surface area contributed by atoms with Crippen LogP contribution in [0.4, 0.5) is 0 Å². The average Bonchev–Trinajstić information content (AvgIpc) is 2.22. The lowest BCUT2D eigenvalue weighted by Gasteiger charge is -2.21. The number of esters is 1. The number of carbonyl (C=O) groups is 1. The fourth-order valence-corrected chi connectivity index (χ4v) is 1.42. The van der Waals surface area contributed by atoms with Gasteiger partial charge >= 0.3 is 5.97 Å². The summed E-state index contributed by atoms with van der Waals surface area (Å²) in [5.74, 6) is 0.188. The molecule has 0 saturated carbocycles. The summed E-state index contributed by atoms with van der Waals surface area (Å²) < 4.78 is 5.27. The van der Waals surface area contributed by atoms with Gasteiger partial charge in [0.2, 0.25) is 0 Å². The highest BCUT2D eigenvalue weighted by Crippen LogP contribution is 2.14. The fraction of sp³-hybridized carbons (Fsp3) is 0.643. The third kappa shape index (κ3) is 8.69. The molecule has 0 bridgehead atoms. The predicted octanol–water partition coefficient (Wildman–Crippen LogP) is 2.17. The second-order valence-electron chi connectivity index (χ2n) is 5.97. The van der Waals surface area contributed by atoms with Crippen molar-refractivity contribution in [2.45, 2.75) is 46.6 Å². The summed E-state index contributed by atoms with van der Waals surface area (Å²) in [7, 11) is 0. The maximum absolute atomic E-state index is 12.1. The minimum absolute atomic E-state index is 0.0283. The number of ether oxygens (including phenoxy) is 1. The monoisotopic (exact) mass is 303 g/mol. The van der Waals surface area contributed by atoms with Gasteiger partial charge in [-0.1, -0.05) is 25.4 Å². The second-order valence-corrected chi connectivity index (χ2v) is 6.40. The average molecular weight is 304 g/mol. The Morgan fingerprint density at radius 2 is 1.90 bits per heavy atom. The number of halogens is 1. The molecule has 0 aromatic carbocycles. The van der Waals surface area contributed by atoms with Crippen LogP contribution in [-0.2, 0) is 9.53 Å². The highest BCUT2D eigenvalue weighted by molar-refractivity contribution is 6.29. The smallest absolute Gasteiger partial charge is 0.342 e. The van der Waals surface area contributed by atoms with Gasteiger partial charge in [0.15, 0.2) is 0 Å². The van der Waals surface area contributed by atoms with Crippen LogP contribution in [0.25, 0.3) is 0 Å². The molecule has 0 aromatic heterocycles. The molecule has 0 rings (SSSR count). The Balaban J connectivity index is 5.03. The molecule has 0 fully saturated rings. The molecular weight excluding hydrogens is 278 g/mol. The van der Waals surface area contributed by atoms with Crippen LogP contribution in [0.5, 0.6) is 0 Å². The summed E-state index contributed by atoms with van der Waals surface area (Å²) >= 11 is 5.63. The number of nitrogens with two attached hydrogens (primary N) is 2. The van der Waals surface area contributed by atoms with E-state index in [-0.39, 0.29) is 16.6 Å². The zero-order valence-electron chi connectivity index (χ0n) is 12.9. The van der Waals surface area contributed by atoms with Crippen molar-refractivity contribution < 1.29 is 9.53 Å². The summed E-state index contributed by atoms with van der Waals surface area (Å²) in [4.78, 5) is 12.1. The SMILES string of the molecule is CC(C)CCN/C(N)=C(/C=C(\N)Cl)C(=O)OC(C)(C)C. The number of hydrogen-bond donors (Lipinski definition) is 3. The molecule has 0 amide bonds. The van der Waals surface area contributed by atoms with Gasteiger partial charge < -0.3 is 21.5 Å². The summed E-state index contributed by atoms with van der Waals surface area (Å²) in [6, 6.07) is 0. The number of rotatable bonds is 6. The molecule has 0 aliphatic rings. The van der Waals surface area contributed by atoms with Crippen molar-refractivity contribution in [3.63, 3.8) is 0 Å². The van der Waals surface area contributed by atoms with E-state index in [2.05, 4.69) is 19.2 Å². The van der Waals surface area contributed by atoms with E-state index in [9.17, 15) is 4.79 Å². The maximum Gasteiger partial charge on any atom is 0.342 e. The van der Waals surface area contributed by atoms with E-state index in [1.807, 2.05) is 0 Å². The minimum atomic E-state index is -0.616. The van der Waals surface area contributed by atoms with E-state index in [0.29, 0.717) is 12.5 Å². The fourth-order valence-electron chi connectivity index (χ4n) is 1.31. The molecule has 5 nitrogen and oxygen atoms in total. The molecule has 6 heteroatoms. The van der Waals surface area contributed by atoms with Gasteiger partial charge in [-0.2, -0.15) is 0 Å². The lowest BCUT2D eigenvalue weighted by Crippen LogP contribution is -2.30. The first kappa shape index (κ1) is 18.6. The summed E-state index contributed by atoms with van der Waals surface area (Å²) in [5, 5.41) is 2.96. The molecule has 0 heterocycles. The van der Waals surface area contributed by atoms with E-state index in [1.54, 1.807) is 20.8 Å². The van der Waals surface area contributed by atoms with Crippen molar-refractivity contribution in [1.82, 2.24) is 5.32 Å². The van der Waals surface area contributed by atoms with Gasteiger partial charge in [0, 0.05) is 6.54 Å². The second kappa shape index (κ2) is 8.04. The van der Waals surface area contributed by atoms with E-state index in [4.69, 9.17) is 27.8 Å². The lowest BCUT2D eigenvalue weighted by molar-refractivity contribution is -0.149. The van der Waals surface area contributed by atoms with Crippen LogP contribution in [0.1, 0.15) is 41.0 Å². The van der Waals surface area contributed by atoms with E-state index < -0.39 is 11.6 Å². The molecule has 0 unspecified atom stereocenters. The Labute approximate surface area is 126 Å². The van der Waals surface area contributed by atoms with E-state index in [0.717, 1.165) is 6.42 Å². The molecule has 0 aromatic rings. The first-order valence-electron chi connectivity index (χ1n) is 6.62. The van der Waals surface area contributed by atoms with Crippen molar-refractivity contribution in [2.75, 3.05) is 6.54 Å². The van der Waals surface area contributed by atoms with Gasteiger partial charge in [-0.15, -0.1) is 0 Å². The van der Waals surface area contributed by atoms with Gasteiger partial charge in [0.1, 0.15) is 22.2 Å². The standard InChI is InChI=1S/C14H26ClN3O2/c1-9(2)6-7-18-12(17)10(8-11(15)16)13(19)20-14(3,4)5/h8-9,18H,6-7,16-17H2,1-5H3/b11-8-,12-10-. The van der Waals surface area contributed by atoms with Crippen molar-refractivity contribution >= 4 is 17.6 Å². The first-order valence-corrected chi connectivity index (χ1v) is 7.00. The van der Waals surface area contributed by atoms with Gasteiger partial charge in [-0.05, 0) is 39.2 Å². The zero-order chi connectivity index (χ0) is 15.9. The normalized spacial score (nSPS) is 14.1. The Morgan fingerprint density at radius 1 is 1.35 bits per heavy atom. The van der Waals surface area contributed by atoms with Crippen LogP contribution >= 0.6 is 11.6 Å². The van der Waals surface area contributed by atoms with Crippen LogP contribution in [0.15, 0.2) is 22.6 Å². The number of carbonyl (C=O) groups excluding carboxylic acids is 1.